The molecule has 0 saturated carbocycles. The van der Waals surface area contributed by atoms with Gasteiger partial charge in [0.25, 0.3) is 10.0 Å². The fraction of sp³-hybridized carbons (Fsp3) is 0.655. The number of sulfonamides is 2. The molecule has 1 unspecified atom stereocenters. The number of rotatable bonds is 16. The third-order valence-electron chi connectivity index (χ3n) is 8.91. The van der Waals surface area contributed by atoms with E-state index in [1.165, 1.54) is 12.3 Å². The predicted octanol–water partition coefficient (Wildman–Crippen LogP) is 5.76. The van der Waals surface area contributed by atoms with Crippen molar-refractivity contribution in [3.8, 4) is 0 Å². The lowest BCUT2D eigenvalue weighted by Gasteiger charge is -2.33. The molecule has 12 nitrogen and oxygen atoms in total. The molecule has 19 heteroatoms. The zero-order valence-corrected chi connectivity index (χ0v) is 33.7. The maximum absolute atomic E-state index is 13.0. The third-order valence-corrected chi connectivity index (χ3v) is 16.7. The van der Waals surface area contributed by atoms with Gasteiger partial charge in [0, 0.05) is 43.1 Å². The number of piperidine rings is 2. The van der Waals surface area contributed by atoms with E-state index in [9.17, 15) is 35.2 Å². The summed E-state index contributed by atoms with van der Waals surface area (Å²) in [6.45, 7) is 2.64. The zero-order chi connectivity index (χ0) is 35.3. The molecule has 0 amide bonds. The lowest BCUT2D eigenvalue weighted by atomic mass is 9.89. The average Bonchev–Trinajstić information content (AvgIpc) is 3.37. The standard InChI is InChI=1S/C29H41Br2ClN4O8S4/c1-46(39,40)16-11-25(29(37)38)34-47(41,42)22-17-24(31)28(33-19-22)35-12-7-20(8-13-35)5-3-2-4-6-21-9-14-36(15-10-21)48(43,44)26-18-23(30)27(32)45-26/h17-21,25,34H,2-16H2,1H3,(H,37,38). The Morgan fingerprint density at radius 3 is 2.06 bits per heavy atom. The maximum Gasteiger partial charge on any atom is 0.321 e. The third kappa shape index (κ3) is 11.1. The minimum absolute atomic E-state index is 0.216. The van der Waals surface area contributed by atoms with Crippen molar-refractivity contribution in [1.29, 1.82) is 0 Å². The van der Waals surface area contributed by atoms with Crippen molar-refractivity contribution in [2.24, 2.45) is 11.8 Å². The van der Waals surface area contributed by atoms with Crippen LogP contribution in [0.25, 0.3) is 0 Å². The summed E-state index contributed by atoms with van der Waals surface area (Å²) in [4.78, 5) is 17.8. The second kappa shape index (κ2) is 17.1. The van der Waals surface area contributed by atoms with E-state index in [1.54, 1.807) is 10.4 Å². The number of aromatic nitrogens is 1. The highest BCUT2D eigenvalue weighted by Gasteiger charge is 2.32. The summed E-state index contributed by atoms with van der Waals surface area (Å²) in [6, 6.07) is 1.37. The molecule has 48 heavy (non-hydrogen) atoms. The number of anilines is 1. The highest BCUT2D eigenvalue weighted by Crippen LogP contribution is 2.37. The van der Waals surface area contributed by atoms with Crippen molar-refractivity contribution in [2.75, 3.05) is 43.1 Å². The molecule has 270 valence electrons. The molecule has 0 spiro atoms. The molecular weight excluding hydrogens is 856 g/mol. The zero-order valence-electron chi connectivity index (χ0n) is 26.5. The molecule has 0 aromatic carbocycles. The minimum atomic E-state index is -4.26. The number of hydrogen-bond donors (Lipinski definition) is 2. The minimum Gasteiger partial charge on any atom is -0.480 e. The second-order valence-corrected chi connectivity index (χ2v) is 22.0. The Hall–Kier alpha value is -0.860. The first-order valence-electron chi connectivity index (χ1n) is 15.7. The molecule has 4 rings (SSSR count). The molecule has 0 bridgehead atoms. The molecule has 2 saturated heterocycles. The first-order chi connectivity index (χ1) is 22.5. The Bertz CT molecular complexity index is 1740. The maximum atomic E-state index is 13.0. The van der Waals surface area contributed by atoms with Crippen LogP contribution in [0.5, 0.6) is 0 Å². The van der Waals surface area contributed by atoms with E-state index >= 15 is 0 Å². The van der Waals surface area contributed by atoms with Gasteiger partial charge >= 0.3 is 5.97 Å². The summed E-state index contributed by atoms with van der Waals surface area (Å²) < 4.78 is 80.0. The van der Waals surface area contributed by atoms with Crippen LogP contribution in [0.2, 0.25) is 4.34 Å². The molecule has 2 aliphatic heterocycles. The van der Waals surface area contributed by atoms with Gasteiger partial charge in [-0.05, 0) is 87.9 Å². The van der Waals surface area contributed by atoms with Crippen molar-refractivity contribution in [3.05, 3.63) is 31.6 Å². The average molecular weight is 897 g/mol. The van der Waals surface area contributed by atoms with Gasteiger partial charge in [0.15, 0.2) is 0 Å². The SMILES string of the molecule is CS(=O)(=O)CCC(NS(=O)(=O)c1cnc(N2CCC(CCCCCC3CCN(S(=O)(=O)c4cc(Br)c(Cl)s4)CC3)CC2)c(Br)c1)C(=O)O. The Morgan fingerprint density at radius 1 is 0.979 bits per heavy atom. The Labute approximate surface area is 309 Å². The topological polar surface area (TPSA) is 171 Å². The monoisotopic (exact) mass is 894 g/mol. The van der Waals surface area contributed by atoms with Crippen molar-refractivity contribution in [2.45, 2.75) is 79.4 Å². The van der Waals surface area contributed by atoms with E-state index in [0.29, 0.717) is 44.0 Å². The Balaban J connectivity index is 1.16. The van der Waals surface area contributed by atoms with Crippen LogP contribution in [-0.4, -0.2) is 89.8 Å². The molecule has 0 radical (unpaired) electrons. The van der Waals surface area contributed by atoms with Crippen molar-refractivity contribution >= 4 is 96.5 Å². The van der Waals surface area contributed by atoms with Gasteiger partial charge in [0.1, 0.15) is 35.1 Å². The second-order valence-electron chi connectivity index (χ2n) is 12.5. The molecule has 2 aromatic heterocycles. The van der Waals surface area contributed by atoms with Gasteiger partial charge < -0.3 is 10.0 Å². The number of unbranched alkanes of at least 4 members (excludes halogenated alkanes) is 2. The number of nitrogens with one attached hydrogen (secondary N) is 1. The Morgan fingerprint density at radius 2 is 1.56 bits per heavy atom. The van der Waals surface area contributed by atoms with Gasteiger partial charge in [-0.2, -0.15) is 9.03 Å². The van der Waals surface area contributed by atoms with Gasteiger partial charge in [-0.1, -0.05) is 43.7 Å². The highest BCUT2D eigenvalue weighted by atomic mass is 79.9. The van der Waals surface area contributed by atoms with E-state index in [-0.39, 0.29) is 9.10 Å². The lowest BCUT2D eigenvalue weighted by Crippen LogP contribution is -2.42. The van der Waals surface area contributed by atoms with E-state index in [0.717, 1.165) is 88.5 Å². The van der Waals surface area contributed by atoms with Crippen molar-refractivity contribution < 1.29 is 35.2 Å². The van der Waals surface area contributed by atoms with Gasteiger partial charge in [0.05, 0.1) is 10.2 Å². The fourth-order valence-corrected chi connectivity index (χ4v) is 12.6. The first-order valence-corrected chi connectivity index (χ1v) is 23.5. The van der Waals surface area contributed by atoms with Crippen LogP contribution in [0.1, 0.15) is 64.2 Å². The summed E-state index contributed by atoms with van der Waals surface area (Å²) in [6.07, 6.45) is 11.2. The number of pyridine rings is 1. The van der Waals surface area contributed by atoms with Crippen LogP contribution in [-0.2, 0) is 34.7 Å². The van der Waals surface area contributed by atoms with Gasteiger partial charge in [-0.25, -0.2) is 30.2 Å². The number of sulfone groups is 1. The predicted molar refractivity (Wildman–Crippen MR) is 195 cm³/mol. The van der Waals surface area contributed by atoms with Crippen LogP contribution >= 0.6 is 54.8 Å². The van der Waals surface area contributed by atoms with Gasteiger partial charge in [0.2, 0.25) is 10.0 Å². The van der Waals surface area contributed by atoms with Crippen LogP contribution in [0.4, 0.5) is 5.82 Å². The molecular formula is C29H41Br2ClN4O8S4. The molecule has 1 atom stereocenters. The fourth-order valence-electron chi connectivity index (χ4n) is 6.11. The quantitative estimate of drug-likeness (QED) is 0.198. The number of thiophene rings is 1. The molecule has 2 aliphatic rings. The molecule has 2 fully saturated rings. The number of aliphatic carboxylic acids is 1. The molecule has 4 heterocycles. The molecule has 2 N–H and O–H groups in total. The highest BCUT2D eigenvalue weighted by molar-refractivity contribution is 9.11. The molecule has 0 aliphatic carbocycles. The number of carbonyl (C=O) groups is 1. The van der Waals surface area contributed by atoms with Gasteiger partial charge in [-0.3, -0.25) is 4.79 Å². The van der Waals surface area contributed by atoms with Gasteiger partial charge in [-0.15, -0.1) is 11.3 Å². The van der Waals surface area contributed by atoms with Crippen LogP contribution in [0.3, 0.4) is 0 Å². The van der Waals surface area contributed by atoms with E-state index in [2.05, 4.69) is 46.5 Å². The van der Waals surface area contributed by atoms with Crippen LogP contribution < -0.4 is 9.62 Å². The van der Waals surface area contributed by atoms with E-state index < -0.39 is 54.1 Å². The number of hydrogen-bond acceptors (Lipinski definition) is 10. The smallest absolute Gasteiger partial charge is 0.321 e. The number of halogens is 3. The summed E-state index contributed by atoms with van der Waals surface area (Å²) in [5.74, 6) is -0.173. The number of carboxylic acid groups (broad SMARTS) is 1. The summed E-state index contributed by atoms with van der Waals surface area (Å²) in [7, 11) is -11.2. The summed E-state index contributed by atoms with van der Waals surface area (Å²) >= 11 is 13.9. The van der Waals surface area contributed by atoms with E-state index in [4.69, 9.17) is 11.6 Å². The Kier molecular flexibility index (Phi) is 14.2. The number of nitrogens with zero attached hydrogens (tertiary/aromatic N) is 3. The summed E-state index contributed by atoms with van der Waals surface area (Å²) in [5, 5.41) is 9.40. The van der Waals surface area contributed by atoms with Crippen LogP contribution in [0, 0.1) is 11.8 Å². The van der Waals surface area contributed by atoms with E-state index in [1.807, 2.05) is 0 Å². The molecule has 2 aromatic rings. The van der Waals surface area contributed by atoms with Crippen LogP contribution in [0.15, 0.2) is 36.4 Å². The van der Waals surface area contributed by atoms with Crippen molar-refractivity contribution in [1.82, 2.24) is 14.0 Å². The number of carboxylic acids is 1. The van der Waals surface area contributed by atoms with Crippen molar-refractivity contribution in [3.63, 3.8) is 0 Å². The summed E-state index contributed by atoms with van der Waals surface area (Å²) in [5.41, 5.74) is 0. The normalized spacial score (nSPS) is 18.3. The lowest BCUT2D eigenvalue weighted by molar-refractivity contribution is -0.139. The largest absolute Gasteiger partial charge is 0.480 e. The first kappa shape index (κ1) is 39.9.